The molecule has 13 heavy (non-hydrogen) atoms. The molecule has 0 fully saturated rings. The second-order valence-electron chi connectivity index (χ2n) is 2.76. The van der Waals surface area contributed by atoms with Crippen LogP contribution in [0.2, 0.25) is 0 Å². The number of rotatable bonds is 2. The van der Waals surface area contributed by atoms with Gasteiger partial charge in [0.25, 0.3) is 0 Å². The normalized spacial score (nSPS) is 11.8. The lowest BCUT2D eigenvalue weighted by Crippen LogP contribution is -1.89. The summed E-state index contributed by atoms with van der Waals surface area (Å²) in [4.78, 5) is 0. The average molecular weight is 203 g/mol. The molecule has 0 radical (unpaired) electrons. The molecule has 1 rings (SSSR count). The summed E-state index contributed by atoms with van der Waals surface area (Å²) in [5.74, 6) is -0.859. The van der Waals surface area contributed by atoms with Gasteiger partial charge in [0.05, 0.1) is 0 Å². The van der Waals surface area contributed by atoms with Crippen LogP contribution in [0.25, 0.3) is 6.08 Å². The zero-order chi connectivity index (χ0) is 9.84. The van der Waals surface area contributed by atoms with Crippen LogP contribution in [0.3, 0.4) is 0 Å². The number of halogens is 3. The average Bonchev–Trinajstić information content (AvgIpc) is 2.11. The van der Waals surface area contributed by atoms with Crippen molar-refractivity contribution in [3.63, 3.8) is 0 Å². The molecule has 0 amide bonds. The molecule has 70 valence electrons. The first-order chi connectivity index (χ1) is 6.15. The molecule has 0 aliphatic heterocycles. The largest absolute Gasteiger partial charge is 0.206 e. The fourth-order valence-electron chi connectivity index (χ4n) is 0.934. The molecule has 0 atom stereocenters. The Morgan fingerprint density at radius 1 is 1.38 bits per heavy atom. The Balaban J connectivity index is 3.14. The van der Waals surface area contributed by atoms with Gasteiger partial charge in [-0.1, -0.05) is 11.6 Å². The number of alkyl halides is 1. The van der Waals surface area contributed by atoms with Crippen molar-refractivity contribution in [1.29, 1.82) is 0 Å². The minimum absolute atomic E-state index is 0.0272. The molecule has 0 aliphatic carbocycles. The van der Waals surface area contributed by atoms with E-state index in [0.717, 1.165) is 5.57 Å². The SMILES string of the molecule is CC(=Cc1c(F)cccc1F)CCl. The summed E-state index contributed by atoms with van der Waals surface area (Å²) in [5.41, 5.74) is 0.700. The van der Waals surface area contributed by atoms with E-state index in [1.807, 2.05) is 0 Å². The second-order valence-corrected chi connectivity index (χ2v) is 3.03. The first-order valence-corrected chi connectivity index (χ1v) is 4.35. The molecule has 0 nitrogen and oxygen atoms in total. The van der Waals surface area contributed by atoms with Gasteiger partial charge in [-0.3, -0.25) is 0 Å². The molecule has 0 N–H and O–H groups in total. The molecule has 0 unspecified atom stereocenters. The molecular formula is C10H9ClF2. The summed E-state index contributed by atoms with van der Waals surface area (Å²) >= 11 is 5.49. The zero-order valence-corrected chi connectivity index (χ0v) is 7.91. The Kier molecular flexibility index (Phi) is 3.43. The van der Waals surface area contributed by atoms with Gasteiger partial charge >= 0.3 is 0 Å². The summed E-state index contributed by atoms with van der Waals surface area (Å²) in [5, 5.41) is 0. The van der Waals surface area contributed by atoms with Gasteiger partial charge in [0, 0.05) is 11.4 Å². The predicted octanol–water partition coefficient (Wildman–Crippen LogP) is 3.61. The lowest BCUT2D eigenvalue weighted by molar-refractivity contribution is 0.578. The first-order valence-electron chi connectivity index (χ1n) is 3.82. The van der Waals surface area contributed by atoms with Gasteiger partial charge in [-0.05, 0) is 25.1 Å². The van der Waals surface area contributed by atoms with Crippen LogP contribution in [-0.2, 0) is 0 Å². The van der Waals surface area contributed by atoms with Crippen LogP contribution in [0.4, 0.5) is 8.78 Å². The van der Waals surface area contributed by atoms with Crippen LogP contribution in [0.15, 0.2) is 23.8 Å². The van der Waals surface area contributed by atoms with Crippen molar-refractivity contribution >= 4 is 17.7 Å². The van der Waals surface area contributed by atoms with E-state index in [9.17, 15) is 8.78 Å². The van der Waals surface area contributed by atoms with E-state index >= 15 is 0 Å². The maximum absolute atomic E-state index is 13.0. The Bertz CT molecular complexity index is 311. The number of hydrogen-bond donors (Lipinski definition) is 0. The van der Waals surface area contributed by atoms with Gasteiger partial charge in [-0.15, -0.1) is 11.6 Å². The highest BCUT2D eigenvalue weighted by molar-refractivity contribution is 6.19. The Labute approximate surface area is 80.8 Å². The van der Waals surface area contributed by atoms with E-state index in [2.05, 4.69) is 0 Å². The van der Waals surface area contributed by atoms with Crippen molar-refractivity contribution in [1.82, 2.24) is 0 Å². The molecule has 0 aliphatic rings. The maximum Gasteiger partial charge on any atom is 0.133 e. The monoisotopic (exact) mass is 202 g/mol. The van der Waals surface area contributed by atoms with Crippen LogP contribution in [-0.4, -0.2) is 5.88 Å². The first kappa shape index (κ1) is 10.2. The van der Waals surface area contributed by atoms with Crippen molar-refractivity contribution in [2.24, 2.45) is 0 Å². The van der Waals surface area contributed by atoms with Gasteiger partial charge < -0.3 is 0 Å². The molecule has 3 heteroatoms. The van der Waals surface area contributed by atoms with E-state index < -0.39 is 11.6 Å². The van der Waals surface area contributed by atoms with Gasteiger partial charge in [0.2, 0.25) is 0 Å². The third-order valence-electron chi connectivity index (χ3n) is 1.60. The fraction of sp³-hybridized carbons (Fsp3) is 0.200. The lowest BCUT2D eigenvalue weighted by Gasteiger charge is -2.00. The van der Waals surface area contributed by atoms with E-state index in [0.29, 0.717) is 0 Å². The van der Waals surface area contributed by atoms with E-state index in [1.54, 1.807) is 6.92 Å². The minimum Gasteiger partial charge on any atom is -0.206 e. The number of hydrogen-bond acceptors (Lipinski definition) is 0. The van der Waals surface area contributed by atoms with Crippen LogP contribution in [0, 0.1) is 11.6 Å². The quantitative estimate of drug-likeness (QED) is 0.643. The maximum atomic E-state index is 13.0. The number of allylic oxidation sites excluding steroid dienone is 1. The van der Waals surface area contributed by atoms with Crippen LogP contribution < -0.4 is 0 Å². The summed E-state index contributed by atoms with van der Waals surface area (Å²) < 4.78 is 26.0. The van der Waals surface area contributed by atoms with E-state index in [-0.39, 0.29) is 11.4 Å². The van der Waals surface area contributed by atoms with Crippen LogP contribution in [0.1, 0.15) is 12.5 Å². The Morgan fingerprint density at radius 2 is 1.92 bits per heavy atom. The molecule has 0 heterocycles. The van der Waals surface area contributed by atoms with Gasteiger partial charge in [-0.25, -0.2) is 8.78 Å². The second kappa shape index (κ2) is 4.38. The molecule has 1 aromatic carbocycles. The summed E-state index contributed by atoms with van der Waals surface area (Å²) in [6.07, 6.45) is 1.41. The summed E-state index contributed by atoms with van der Waals surface area (Å²) in [7, 11) is 0. The predicted molar refractivity (Wildman–Crippen MR) is 50.7 cm³/mol. The Morgan fingerprint density at radius 3 is 2.38 bits per heavy atom. The molecule has 0 bridgehead atoms. The topological polar surface area (TPSA) is 0 Å². The van der Waals surface area contributed by atoms with Crippen molar-refractivity contribution in [2.75, 3.05) is 5.88 Å². The Hall–Kier alpha value is -0.890. The van der Waals surface area contributed by atoms with Crippen molar-refractivity contribution in [3.05, 3.63) is 41.0 Å². The highest BCUT2D eigenvalue weighted by Crippen LogP contribution is 2.16. The third-order valence-corrected chi connectivity index (χ3v) is 2.02. The van der Waals surface area contributed by atoms with Gasteiger partial charge in [0.15, 0.2) is 0 Å². The fourth-order valence-corrected chi connectivity index (χ4v) is 1.01. The standard InChI is InChI=1S/C10H9ClF2/c1-7(6-11)5-8-9(12)3-2-4-10(8)13/h2-5H,6H2,1H3. The third kappa shape index (κ3) is 2.52. The van der Waals surface area contributed by atoms with Crippen LogP contribution in [0.5, 0.6) is 0 Å². The summed E-state index contributed by atoms with van der Waals surface area (Å²) in [6, 6.07) is 3.77. The van der Waals surface area contributed by atoms with Gasteiger partial charge in [-0.2, -0.15) is 0 Å². The van der Waals surface area contributed by atoms with Crippen molar-refractivity contribution in [3.8, 4) is 0 Å². The highest BCUT2D eigenvalue weighted by Gasteiger charge is 2.04. The molecular weight excluding hydrogens is 194 g/mol. The van der Waals surface area contributed by atoms with Crippen LogP contribution >= 0.6 is 11.6 Å². The molecule has 1 aromatic rings. The van der Waals surface area contributed by atoms with E-state index in [1.165, 1.54) is 24.3 Å². The van der Waals surface area contributed by atoms with E-state index in [4.69, 9.17) is 11.6 Å². The summed E-state index contributed by atoms with van der Waals surface area (Å²) in [6.45, 7) is 1.72. The minimum atomic E-state index is -0.565. The number of benzene rings is 1. The highest BCUT2D eigenvalue weighted by atomic mass is 35.5. The van der Waals surface area contributed by atoms with Crippen molar-refractivity contribution < 1.29 is 8.78 Å². The van der Waals surface area contributed by atoms with Gasteiger partial charge in [0.1, 0.15) is 11.6 Å². The zero-order valence-electron chi connectivity index (χ0n) is 7.15. The lowest BCUT2D eigenvalue weighted by atomic mass is 10.1. The smallest absolute Gasteiger partial charge is 0.133 e. The molecule has 0 saturated carbocycles. The molecule has 0 aromatic heterocycles. The van der Waals surface area contributed by atoms with Crippen molar-refractivity contribution in [2.45, 2.75) is 6.92 Å². The molecule has 0 saturated heterocycles. The molecule has 0 spiro atoms.